The van der Waals surface area contributed by atoms with Gasteiger partial charge in [-0.1, -0.05) is 23.2 Å². The number of benzene rings is 1. The first-order valence-electron chi connectivity index (χ1n) is 4.05. The maximum atomic E-state index is 11.2. The van der Waals surface area contributed by atoms with E-state index < -0.39 is 42.3 Å². The van der Waals surface area contributed by atoms with Crippen molar-refractivity contribution in [2.24, 2.45) is 0 Å². The van der Waals surface area contributed by atoms with E-state index >= 15 is 0 Å². The first-order valence-corrected chi connectivity index (χ1v) is 4.81. The van der Waals surface area contributed by atoms with Crippen LogP contribution in [0.5, 0.6) is 0 Å². The zero-order valence-electron chi connectivity index (χ0n) is 7.99. The molecule has 0 aliphatic carbocycles. The highest BCUT2D eigenvalue weighted by molar-refractivity contribution is 6.46. The van der Waals surface area contributed by atoms with E-state index in [4.69, 9.17) is 23.2 Å². The quantitative estimate of drug-likeness (QED) is 0.465. The average Bonchev–Trinajstić information content (AvgIpc) is 2.64. The molecule has 18 heavy (non-hydrogen) atoms. The van der Waals surface area contributed by atoms with Gasteiger partial charge in [0, 0.05) is 5.16 Å². The van der Waals surface area contributed by atoms with Gasteiger partial charge in [-0.25, -0.2) is 0 Å². The van der Waals surface area contributed by atoms with E-state index in [1.54, 1.807) is 0 Å². The summed E-state index contributed by atoms with van der Waals surface area (Å²) in [5.41, 5.74) is -3.40. The molecule has 0 saturated heterocycles. The molecule has 1 aromatic heterocycles. The highest BCUT2D eigenvalue weighted by atomic mass is 35.5. The summed E-state index contributed by atoms with van der Waals surface area (Å²) in [6.07, 6.45) is 0. The molecule has 1 aromatic carbocycles. The Morgan fingerprint density at radius 2 is 1.67 bits per heavy atom. The van der Waals surface area contributed by atoms with Crippen LogP contribution in [0.3, 0.4) is 0 Å². The lowest BCUT2D eigenvalue weighted by Crippen LogP contribution is -2.24. The van der Waals surface area contributed by atoms with E-state index in [1.165, 1.54) is 0 Å². The van der Waals surface area contributed by atoms with Gasteiger partial charge in [0.15, 0.2) is 0 Å². The van der Waals surface area contributed by atoms with Gasteiger partial charge in [-0.3, -0.25) is 24.9 Å². The lowest BCUT2D eigenvalue weighted by Gasteiger charge is -1.98. The zero-order valence-corrected chi connectivity index (χ0v) is 9.51. The molecule has 0 N–H and O–H groups in total. The van der Waals surface area contributed by atoms with Crippen molar-refractivity contribution in [2.75, 3.05) is 0 Å². The normalized spacial score (nSPS) is 10.8. The van der Waals surface area contributed by atoms with Gasteiger partial charge in [-0.15, -0.1) is 0 Å². The number of nitrogens with zero attached hydrogens (tertiary/aromatic N) is 4. The van der Waals surface area contributed by atoms with Crippen LogP contribution in [0.15, 0.2) is 4.63 Å². The zero-order chi connectivity index (χ0) is 13.6. The van der Waals surface area contributed by atoms with E-state index in [2.05, 4.69) is 9.79 Å². The van der Waals surface area contributed by atoms with Crippen molar-refractivity contribution in [2.45, 2.75) is 0 Å². The van der Waals surface area contributed by atoms with Gasteiger partial charge >= 0.3 is 16.9 Å². The smallest absolute Gasteiger partial charge is 0.359 e. The fourth-order valence-electron chi connectivity index (χ4n) is 1.35. The highest BCUT2D eigenvalue weighted by Crippen LogP contribution is 2.44. The number of rotatable bonds is 2. The summed E-state index contributed by atoms with van der Waals surface area (Å²) in [5, 5.41) is 34.8. The van der Waals surface area contributed by atoms with Gasteiger partial charge < -0.3 is 5.21 Å². The Hall–Kier alpha value is -2.20. The number of aromatic nitrogens is 2. The highest BCUT2D eigenvalue weighted by Gasteiger charge is 2.40. The lowest BCUT2D eigenvalue weighted by molar-refractivity contribution is -0.783. The molecule has 12 heteroatoms. The number of fused-ring (bicyclic) bond motifs is 1. The lowest BCUT2D eigenvalue weighted by atomic mass is 10.2. The first kappa shape index (κ1) is 12.3. The Morgan fingerprint density at radius 1 is 1.11 bits per heavy atom. The Morgan fingerprint density at radius 3 is 2.17 bits per heavy atom. The third-order valence-corrected chi connectivity index (χ3v) is 2.87. The fraction of sp³-hybridized carbons (Fsp3) is 0. The van der Waals surface area contributed by atoms with Crippen LogP contribution >= 0.6 is 23.2 Å². The number of hydrogen-bond donors (Lipinski definition) is 0. The van der Waals surface area contributed by atoms with Crippen LogP contribution in [0.1, 0.15) is 0 Å². The maximum Gasteiger partial charge on any atom is 0.402 e. The largest absolute Gasteiger partial charge is 0.402 e. The van der Waals surface area contributed by atoms with Crippen molar-refractivity contribution in [3.63, 3.8) is 0 Å². The summed E-state index contributed by atoms with van der Waals surface area (Å²) < 4.78 is 4.12. The third-order valence-electron chi connectivity index (χ3n) is 2.04. The molecular formula is C6Cl2N4O6. The van der Waals surface area contributed by atoms with Crippen LogP contribution in [0.4, 0.5) is 11.4 Å². The van der Waals surface area contributed by atoms with Crippen molar-refractivity contribution < 1.29 is 19.4 Å². The summed E-state index contributed by atoms with van der Waals surface area (Å²) in [6, 6.07) is 0. The molecule has 0 unspecified atom stereocenters. The van der Waals surface area contributed by atoms with E-state index in [1.807, 2.05) is 0 Å². The predicted octanol–water partition coefficient (Wildman–Crippen LogP) is 1.58. The summed E-state index contributed by atoms with van der Waals surface area (Å²) in [7, 11) is 0. The van der Waals surface area contributed by atoms with E-state index in [-0.39, 0.29) is 4.90 Å². The van der Waals surface area contributed by atoms with Crippen LogP contribution in [0, 0.1) is 25.4 Å². The molecule has 0 aliphatic rings. The van der Waals surface area contributed by atoms with Gasteiger partial charge in [0.05, 0.1) is 9.85 Å². The van der Waals surface area contributed by atoms with Gasteiger partial charge in [0.1, 0.15) is 10.0 Å². The van der Waals surface area contributed by atoms with E-state index in [0.717, 1.165) is 0 Å². The van der Waals surface area contributed by atoms with E-state index in [9.17, 15) is 25.4 Å². The molecule has 1 heterocycles. The van der Waals surface area contributed by atoms with Crippen LogP contribution < -0.4 is 4.90 Å². The molecule has 0 amide bonds. The monoisotopic (exact) mass is 294 g/mol. The molecule has 94 valence electrons. The summed E-state index contributed by atoms with van der Waals surface area (Å²) >= 11 is 11.2. The molecule has 0 radical (unpaired) electrons. The van der Waals surface area contributed by atoms with Gasteiger partial charge in [-0.2, -0.15) is 0 Å². The number of halogens is 2. The minimum absolute atomic E-state index is 0.345. The second kappa shape index (κ2) is 3.92. The van der Waals surface area contributed by atoms with Crippen molar-refractivity contribution >= 4 is 45.6 Å². The van der Waals surface area contributed by atoms with Crippen molar-refractivity contribution in [1.82, 2.24) is 5.16 Å². The molecule has 0 aliphatic heterocycles. The van der Waals surface area contributed by atoms with E-state index in [0.29, 0.717) is 0 Å². The fourth-order valence-corrected chi connectivity index (χ4v) is 1.82. The van der Waals surface area contributed by atoms with Gasteiger partial charge in [-0.05, 0) is 4.90 Å². The Labute approximate surface area is 106 Å². The Kier molecular flexibility index (Phi) is 2.67. The van der Waals surface area contributed by atoms with Crippen LogP contribution in [0.25, 0.3) is 11.0 Å². The summed E-state index contributed by atoms with van der Waals surface area (Å²) in [5.74, 6) is 0. The predicted molar refractivity (Wildman–Crippen MR) is 56.3 cm³/mol. The van der Waals surface area contributed by atoms with Crippen molar-refractivity contribution in [1.29, 1.82) is 0 Å². The molecule has 10 nitrogen and oxygen atoms in total. The van der Waals surface area contributed by atoms with Gasteiger partial charge in [0.2, 0.25) is 0 Å². The second-order valence-electron chi connectivity index (χ2n) is 2.97. The number of nitro benzene ring substituents is 2. The Bertz CT molecular complexity index is 697. The second-order valence-corrected chi connectivity index (χ2v) is 3.72. The molecule has 2 rings (SSSR count). The van der Waals surface area contributed by atoms with Crippen molar-refractivity contribution in [3.05, 3.63) is 35.5 Å². The minimum atomic E-state index is -1.13. The topological polar surface area (TPSA) is 139 Å². The van der Waals surface area contributed by atoms with Crippen LogP contribution in [0.2, 0.25) is 10.0 Å². The summed E-state index contributed by atoms with van der Waals surface area (Å²) in [4.78, 5) is 19.0. The SMILES string of the molecule is O=[N+]([O-])c1c(Cl)c(Cl)c2no[n+]([O-])c2c1[N+](=O)[O-]. The standard InChI is InChI=1S/C6Cl2N4O6/c7-1-2(8)4(10(13)14)6(11(15)16)5-3(1)9-18-12(5)17. The summed E-state index contributed by atoms with van der Waals surface area (Å²) in [6.45, 7) is 0. The number of hydrogen-bond acceptors (Lipinski definition) is 7. The first-order chi connectivity index (χ1) is 8.36. The molecule has 0 atom stereocenters. The van der Waals surface area contributed by atoms with Crippen LogP contribution in [-0.4, -0.2) is 15.0 Å². The molecular weight excluding hydrogens is 295 g/mol. The third kappa shape index (κ3) is 1.50. The molecule has 0 spiro atoms. The molecule has 0 fully saturated rings. The molecule has 2 aromatic rings. The average molecular weight is 295 g/mol. The Balaban J connectivity index is 3.11. The number of nitro groups is 2. The molecule has 0 saturated carbocycles. The van der Waals surface area contributed by atoms with Crippen LogP contribution in [-0.2, 0) is 0 Å². The van der Waals surface area contributed by atoms with Gasteiger partial charge in [0.25, 0.3) is 5.52 Å². The minimum Gasteiger partial charge on any atom is -0.359 e. The molecule has 0 bridgehead atoms. The maximum absolute atomic E-state index is 11.2. The van der Waals surface area contributed by atoms with Crippen molar-refractivity contribution in [3.8, 4) is 0 Å².